The van der Waals surface area contributed by atoms with E-state index >= 15 is 0 Å². The third kappa shape index (κ3) is 4.36. The molecule has 0 bridgehead atoms. The van der Waals surface area contributed by atoms with Crippen LogP contribution in [0.15, 0.2) is 48.5 Å². The first kappa shape index (κ1) is 23.0. The monoisotopic (exact) mass is 463 g/mol. The second-order valence-electron chi connectivity index (χ2n) is 8.59. The summed E-state index contributed by atoms with van der Waals surface area (Å²) in [6, 6.07) is 14.2. The fourth-order valence-corrected chi connectivity index (χ4v) is 4.11. The molecule has 2 aromatic carbocycles. The summed E-state index contributed by atoms with van der Waals surface area (Å²) in [4.78, 5) is 55.3. The number of carbonyl (C=O) groups excluding carboxylic acids is 4. The van der Waals surface area contributed by atoms with Gasteiger partial charge in [-0.1, -0.05) is 36.4 Å². The van der Waals surface area contributed by atoms with E-state index in [9.17, 15) is 19.2 Å². The molecular weight excluding hydrogens is 438 g/mol. The van der Waals surface area contributed by atoms with Crippen LogP contribution in [0.5, 0.6) is 0 Å². The van der Waals surface area contributed by atoms with Gasteiger partial charge in [-0.05, 0) is 31.5 Å². The number of methoxy groups -OCH3 is 1. The van der Waals surface area contributed by atoms with Crippen LogP contribution in [0.4, 0.5) is 4.79 Å². The fraction of sp³-hybridized carbons (Fsp3) is 0.280. The Kier molecular flexibility index (Phi) is 6.10. The molecule has 9 nitrogen and oxygen atoms in total. The molecule has 0 radical (unpaired) electrons. The van der Waals surface area contributed by atoms with E-state index in [1.165, 1.54) is 12.0 Å². The smallest absolute Gasteiger partial charge is 0.408 e. The van der Waals surface area contributed by atoms with Crippen molar-refractivity contribution in [3.63, 3.8) is 0 Å². The summed E-state index contributed by atoms with van der Waals surface area (Å²) >= 11 is 0. The van der Waals surface area contributed by atoms with Crippen LogP contribution in [-0.2, 0) is 27.4 Å². The third-order valence-corrected chi connectivity index (χ3v) is 5.72. The molecule has 2 N–H and O–H groups in total. The number of aromatic amines is 1. The number of Topliss-reactive ketones (excluding diaryl/α,β-unsaturated/α-hetero) is 1. The molecule has 0 saturated heterocycles. The molecule has 0 atom stereocenters. The van der Waals surface area contributed by atoms with Crippen molar-refractivity contribution < 1.29 is 28.7 Å². The van der Waals surface area contributed by atoms with Crippen LogP contribution in [0.2, 0.25) is 0 Å². The molecule has 0 aliphatic carbocycles. The van der Waals surface area contributed by atoms with Gasteiger partial charge in [0.05, 0.1) is 31.3 Å². The zero-order chi connectivity index (χ0) is 24.5. The molecule has 1 aliphatic heterocycles. The van der Waals surface area contributed by atoms with Crippen molar-refractivity contribution in [1.82, 2.24) is 15.2 Å². The largest absolute Gasteiger partial charge is 0.465 e. The number of esters is 1. The second kappa shape index (κ2) is 9.01. The maximum Gasteiger partial charge on any atom is 0.408 e. The average molecular weight is 463 g/mol. The number of nitrogens with one attached hydrogen (secondary N) is 2. The number of alkyl carbamates (subject to hydrolysis) is 1. The summed E-state index contributed by atoms with van der Waals surface area (Å²) in [7, 11) is 1.28. The lowest BCUT2D eigenvalue weighted by molar-refractivity contribution is -0.137. The Balaban J connectivity index is 1.50. The normalized spacial score (nSPS) is 13.4. The number of amides is 2. The number of ketones is 1. The Hall–Kier alpha value is -4.14. The van der Waals surface area contributed by atoms with Crippen LogP contribution in [0.25, 0.3) is 10.9 Å². The first-order valence-electron chi connectivity index (χ1n) is 10.7. The van der Waals surface area contributed by atoms with Crippen molar-refractivity contribution in [2.24, 2.45) is 0 Å². The van der Waals surface area contributed by atoms with Crippen molar-refractivity contribution in [3.8, 4) is 0 Å². The molecule has 176 valence electrons. The highest BCUT2D eigenvalue weighted by Gasteiger charge is 2.39. The van der Waals surface area contributed by atoms with E-state index in [1.807, 2.05) is 30.3 Å². The van der Waals surface area contributed by atoms with Gasteiger partial charge < -0.3 is 24.7 Å². The van der Waals surface area contributed by atoms with E-state index in [0.717, 1.165) is 5.56 Å². The SMILES string of the molecule is COC(=O)c1cccc2[nH]c3c(c12)C(=O)CN(C(=O)C(C)(C)NC(=O)OCc1ccccc1)C3. The standard InChI is InChI=1S/C25H25N3O6/c1-25(2,27-24(32)34-14-15-8-5-4-6-9-15)23(31)28-12-18-21(19(29)13-28)20-16(22(30)33-3)10-7-11-17(20)26-18/h4-11,26H,12-14H2,1-3H3,(H,27,32). The number of fused-ring (bicyclic) bond motifs is 3. The average Bonchev–Trinajstić information content (AvgIpc) is 3.21. The first-order valence-corrected chi connectivity index (χ1v) is 10.7. The molecule has 0 fully saturated rings. The Morgan fingerprint density at radius 2 is 1.79 bits per heavy atom. The number of hydrogen-bond donors (Lipinski definition) is 2. The Bertz CT molecular complexity index is 1280. The first-order chi connectivity index (χ1) is 16.2. The Morgan fingerprint density at radius 3 is 2.50 bits per heavy atom. The third-order valence-electron chi connectivity index (χ3n) is 5.72. The predicted octanol–water partition coefficient (Wildman–Crippen LogP) is 3.18. The van der Waals surface area contributed by atoms with Gasteiger partial charge in [-0.2, -0.15) is 0 Å². The summed E-state index contributed by atoms with van der Waals surface area (Å²) < 4.78 is 10.1. The second-order valence-corrected chi connectivity index (χ2v) is 8.59. The number of benzene rings is 2. The predicted molar refractivity (Wildman–Crippen MR) is 123 cm³/mol. The van der Waals surface area contributed by atoms with E-state index in [1.54, 1.807) is 32.0 Å². The van der Waals surface area contributed by atoms with Crippen molar-refractivity contribution in [1.29, 1.82) is 0 Å². The van der Waals surface area contributed by atoms with Crippen LogP contribution in [0, 0.1) is 0 Å². The van der Waals surface area contributed by atoms with Crippen LogP contribution < -0.4 is 5.32 Å². The van der Waals surface area contributed by atoms with E-state index in [2.05, 4.69) is 10.3 Å². The summed E-state index contributed by atoms with van der Waals surface area (Å²) in [6.07, 6.45) is -0.737. The van der Waals surface area contributed by atoms with Gasteiger partial charge in [-0.15, -0.1) is 0 Å². The molecule has 1 aliphatic rings. The van der Waals surface area contributed by atoms with Gasteiger partial charge in [0.1, 0.15) is 12.1 Å². The van der Waals surface area contributed by atoms with Crippen LogP contribution >= 0.6 is 0 Å². The quantitative estimate of drug-likeness (QED) is 0.561. The van der Waals surface area contributed by atoms with Crippen molar-refractivity contribution in [2.45, 2.75) is 32.5 Å². The van der Waals surface area contributed by atoms with Gasteiger partial charge in [-0.25, -0.2) is 9.59 Å². The molecule has 2 heterocycles. The molecule has 3 aromatic rings. The molecule has 2 amide bonds. The number of aromatic nitrogens is 1. The highest BCUT2D eigenvalue weighted by Crippen LogP contribution is 2.31. The van der Waals surface area contributed by atoms with Gasteiger partial charge in [0.2, 0.25) is 5.91 Å². The molecule has 9 heteroatoms. The van der Waals surface area contributed by atoms with Gasteiger partial charge in [0, 0.05) is 16.6 Å². The van der Waals surface area contributed by atoms with Crippen LogP contribution in [0.1, 0.15) is 45.8 Å². The number of carbonyl (C=O) groups is 4. The number of ether oxygens (including phenoxy) is 2. The fourth-order valence-electron chi connectivity index (χ4n) is 4.11. The Morgan fingerprint density at radius 1 is 1.06 bits per heavy atom. The lowest BCUT2D eigenvalue weighted by Crippen LogP contribution is -2.57. The molecule has 0 unspecified atom stereocenters. The highest BCUT2D eigenvalue weighted by molar-refractivity contribution is 6.17. The summed E-state index contributed by atoms with van der Waals surface area (Å²) in [5.41, 5.74) is 1.31. The highest BCUT2D eigenvalue weighted by atomic mass is 16.5. The van der Waals surface area contributed by atoms with Crippen molar-refractivity contribution in [2.75, 3.05) is 13.7 Å². The maximum atomic E-state index is 13.2. The van der Waals surface area contributed by atoms with Gasteiger partial charge in [0.15, 0.2) is 5.78 Å². The van der Waals surface area contributed by atoms with Gasteiger partial charge in [-0.3, -0.25) is 9.59 Å². The van der Waals surface area contributed by atoms with Crippen LogP contribution in [0.3, 0.4) is 0 Å². The number of rotatable bonds is 5. The van der Waals surface area contributed by atoms with Crippen LogP contribution in [-0.4, -0.2) is 52.8 Å². The zero-order valence-corrected chi connectivity index (χ0v) is 19.1. The van der Waals surface area contributed by atoms with E-state index < -0.39 is 23.5 Å². The van der Waals surface area contributed by atoms with E-state index in [4.69, 9.17) is 9.47 Å². The molecule has 34 heavy (non-hydrogen) atoms. The Labute approximate surface area is 196 Å². The molecule has 0 saturated carbocycles. The molecule has 4 rings (SSSR count). The number of H-pyrrole nitrogens is 1. The molecule has 1 aromatic heterocycles. The lowest BCUT2D eigenvalue weighted by atomic mass is 9.96. The summed E-state index contributed by atoms with van der Waals surface area (Å²) in [6.45, 7) is 3.12. The summed E-state index contributed by atoms with van der Waals surface area (Å²) in [5, 5.41) is 3.07. The summed E-state index contributed by atoms with van der Waals surface area (Å²) in [5.74, 6) is -1.28. The zero-order valence-electron chi connectivity index (χ0n) is 19.1. The lowest BCUT2D eigenvalue weighted by Gasteiger charge is -2.33. The minimum atomic E-state index is -1.31. The maximum absolute atomic E-state index is 13.2. The number of nitrogens with zero attached hydrogens (tertiary/aromatic N) is 1. The van der Waals surface area contributed by atoms with Crippen molar-refractivity contribution in [3.05, 3.63) is 70.9 Å². The minimum Gasteiger partial charge on any atom is -0.465 e. The van der Waals surface area contributed by atoms with Gasteiger partial charge >= 0.3 is 12.1 Å². The van der Waals surface area contributed by atoms with Crippen molar-refractivity contribution >= 4 is 34.7 Å². The number of hydrogen-bond acceptors (Lipinski definition) is 6. The van der Waals surface area contributed by atoms with E-state index in [-0.39, 0.29) is 31.0 Å². The van der Waals surface area contributed by atoms with Gasteiger partial charge in [0.25, 0.3) is 0 Å². The molecular formula is C25H25N3O6. The molecule has 0 spiro atoms. The topological polar surface area (TPSA) is 118 Å². The van der Waals surface area contributed by atoms with E-state index in [0.29, 0.717) is 22.2 Å². The minimum absolute atomic E-state index is 0.0695.